The van der Waals surface area contributed by atoms with Crippen molar-refractivity contribution < 1.29 is 13.9 Å². The molecule has 0 spiro atoms. The van der Waals surface area contributed by atoms with E-state index in [1.165, 1.54) is 13.2 Å². The molecule has 0 aliphatic carbocycles. The average Bonchev–Trinajstić information content (AvgIpc) is 2.18. The van der Waals surface area contributed by atoms with E-state index < -0.39 is 0 Å². The van der Waals surface area contributed by atoms with Crippen LogP contribution in [-0.4, -0.2) is 12.7 Å². The molecule has 2 nitrogen and oxygen atoms in total. The van der Waals surface area contributed by atoms with E-state index in [2.05, 4.69) is 0 Å². The molecule has 2 rings (SSSR count). The predicted octanol–water partition coefficient (Wildman–Crippen LogP) is 2.94. The highest BCUT2D eigenvalue weighted by molar-refractivity contribution is 5.43. The number of halogens is 1. The van der Waals surface area contributed by atoms with Crippen LogP contribution in [0.4, 0.5) is 4.39 Å². The first-order valence-electron chi connectivity index (χ1n) is 5.07. The average molecular weight is 210 g/mol. The second kappa shape index (κ2) is 3.40. The zero-order valence-electron chi connectivity index (χ0n) is 9.26. The topological polar surface area (TPSA) is 18.5 Å². The minimum atomic E-state index is -0.336. The Labute approximate surface area is 89.0 Å². The molecule has 15 heavy (non-hydrogen) atoms. The van der Waals surface area contributed by atoms with Gasteiger partial charge in [-0.15, -0.1) is 0 Å². The van der Waals surface area contributed by atoms with E-state index in [1.54, 1.807) is 0 Å². The molecule has 0 saturated heterocycles. The highest BCUT2D eigenvalue weighted by Crippen LogP contribution is 2.37. The van der Waals surface area contributed by atoms with Crippen molar-refractivity contribution >= 4 is 0 Å². The van der Waals surface area contributed by atoms with Crippen molar-refractivity contribution in [3.8, 4) is 11.5 Å². The van der Waals surface area contributed by atoms with Gasteiger partial charge in [0.25, 0.3) is 0 Å². The Hall–Kier alpha value is -1.25. The zero-order chi connectivity index (χ0) is 11.1. The van der Waals surface area contributed by atoms with Crippen molar-refractivity contribution in [2.75, 3.05) is 7.11 Å². The molecule has 0 radical (unpaired) electrons. The summed E-state index contributed by atoms with van der Waals surface area (Å²) in [4.78, 5) is 0. The van der Waals surface area contributed by atoms with E-state index in [1.807, 2.05) is 19.9 Å². The summed E-state index contributed by atoms with van der Waals surface area (Å²) < 4.78 is 24.3. The number of fused-ring (bicyclic) bond motifs is 1. The molecule has 0 bridgehead atoms. The molecule has 0 unspecified atom stereocenters. The molecule has 1 aliphatic rings. The van der Waals surface area contributed by atoms with Gasteiger partial charge in [0, 0.05) is 11.6 Å². The Morgan fingerprint density at radius 3 is 2.80 bits per heavy atom. The van der Waals surface area contributed by atoms with Crippen LogP contribution in [-0.2, 0) is 6.42 Å². The van der Waals surface area contributed by atoms with Crippen LogP contribution in [0.25, 0.3) is 0 Å². The third-order valence-corrected chi connectivity index (χ3v) is 2.70. The molecule has 1 aliphatic heterocycles. The third kappa shape index (κ3) is 1.91. The number of methoxy groups -OCH3 is 1. The fourth-order valence-corrected chi connectivity index (χ4v) is 1.80. The van der Waals surface area contributed by atoms with Crippen LogP contribution in [0.1, 0.15) is 25.8 Å². The molecule has 1 heterocycles. The van der Waals surface area contributed by atoms with Gasteiger partial charge in [-0.25, -0.2) is 4.39 Å². The van der Waals surface area contributed by atoms with Crippen LogP contribution in [0.2, 0.25) is 0 Å². The molecule has 1 aromatic rings. The number of ether oxygens (including phenoxy) is 2. The Morgan fingerprint density at radius 1 is 1.40 bits per heavy atom. The van der Waals surface area contributed by atoms with Gasteiger partial charge in [0.2, 0.25) is 0 Å². The molecular formula is C12H15FO2. The van der Waals surface area contributed by atoms with Gasteiger partial charge in [-0.2, -0.15) is 0 Å². The van der Waals surface area contributed by atoms with Crippen molar-refractivity contribution in [1.82, 2.24) is 0 Å². The second-order valence-corrected chi connectivity index (χ2v) is 4.46. The van der Waals surface area contributed by atoms with Crippen LogP contribution >= 0.6 is 0 Å². The molecule has 3 heteroatoms. The van der Waals surface area contributed by atoms with E-state index in [9.17, 15) is 4.39 Å². The zero-order valence-corrected chi connectivity index (χ0v) is 9.26. The van der Waals surface area contributed by atoms with E-state index >= 15 is 0 Å². The first-order valence-corrected chi connectivity index (χ1v) is 5.07. The Morgan fingerprint density at radius 2 is 2.13 bits per heavy atom. The molecule has 0 N–H and O–H groups in total. The van der Waals surface area contributed by atoms with E-state index in [0.717, 1.165) is 18.4 Å². The molecule has 82 valence electrons. The lowest BCUT2D eigenvalue weighted by Gasteiger charge is -2.32. The summed E-state index contributed by atoms with van der Waals surface area (Å²) >= 11 is 0. The van der Waals surface area contributed by atoms with Crippen molar-refractivity contribution in [2.45, 2.75) is 32.3 Å². The maximum absolute atomic E-state index is 13.7. The quantitative estimate of drug-likeness (QED) is 0.709. The van der Waals surface area contributed by atoms with Crippen molar-refractivity contribution in [1.29, 1.82) is 0 Å². The van der Waals surface area contributed by atoms with Gasteiger partial charge in [-0.1, -0.05) is 0 Å². The van der Waals surface area contributed by atoms with Crippen molar-refractivity contribution in [2.24, 2.45) is 0 Å². The summed E-state index contributed by atoms with van der Waals surface area (Å²) in [5.41, 5.74) is 0.619. The van der Waals surface area contributed by atoms with Gasteiger partial charge in [0.1, 0.15) is 11.4 Å². The summed E-state index contributed by atoms with van der Waals surface area (Å²) in [6, 6.07) is 3.20. The number of aryl methyl sites for hydroxylation is 1. The van der Waals surface area contributed by atoms with Crippen molar-refractivity contribution in [3.05, 3.63) is 23.5 Å². The number of hydrogen-bond donors (Lipinski definition) is 0. The monoisotopic (exact) mass is 210 g/mol. The Kier molecular flexibility index (Phi) is 2.33. The molecule has 0 amide bonds. The van der Waals surface area contributed by atoms with Gasteiger partial charge in [0.05, 0.1) is 7.11 Å². The number of benzene rings is 1. The van der Waals surface area contributed by atoms with Crippen LogP contribution in [0.5, 0.6) is 11.5 Å². The molecule has 0 fully saturated rings. The van der Waals surface area contributed by atoms with Crippen LogP contribution < -0.4 is 9.47 Å². The van der Waals surface area contributed by atoms with Gasteiger partial charge >= 0.3 is 0 Å². The van der Waals surface area contributed by atoms with E-state index in [4.69, 9.17) is 9.47 Å². The van der Waals surface area contributed by atoms with E-state index in [0.29, 0.717) is 11.5 Å². The standard InChI is InChI=1S/C12H15FO2/c1-12(2)5-4-8-6-9(14-3)7-10(13)11(8)15-12/h6-7H,4-5H2,1-3H3. The summed E-state index contributed by atoms with van der Waals surface area (Å²) in [6.45, 7) is 3.94. The normalized spacial score (nSPS) is 17.9. The minimum absolute atomic E-state index is 0.275. The SMILES string of the molecule is COc1cc(F)c2c(c1)CCC(C)(C)O2. The molecule has 0 atom stereocenters. The van der Waals surface area contributed by atoms with Gasteiger partial charge in [-0.3, -0.25) is 0 Å². The summed E-state index contributed by atoms with van der Waals surface area (Å²) in [5.74, 6) is 0.596. The fraction of sp³-hybridized carbons (Fsp3) is 0.500. The first-order chi connectivity index (χ1) is 7.02. The first kappa shape index (κ1) is 10.3. The largest absolute Gasteiger partial charge is 0.497 e. The van der Waals surface area contributed by atoms with Crippen molar-refractivity contribution in [3.63, 3.8) is 0 Å². The number of rotatable bonds is 1. The third-order valence-electron chi connectivity index (χ3n) is 2.70. The van der Waals surface area contributed by atoms with Crippen LogP contribution in [0, 0.1) is 5.82 Å². The lowest BCUT2D eigenvalue weighted by Crippen LogP contribution is -2.33. The second-order valence-electron chi connectivity index (χ2n) is 4.46. The molecule has 0 saturated carbocycles. The van der Waals surface area contributed by atoms with Gasteiger partial charge in [-0.05, 0) is 32.8 Å². The fourth-order valence-electron chi connectivity index (χ4n) is 1.80. The Balaban J connectivity index is 2.44. The lowest BCUT2D eigenvalue weighted by atomic mass is 9.94. The van der Waals surface area contributed by atoms with Crippen LogP contribution in [0.3, 0.4) is 0 Å². The predicted molar refractivity (Wildman–Crippen MR) is 56.0 cm³/mol. The lowest BCUT2D eigenvalue weighted by molar-refractivity contribution is 0.0787. The highest BCUT2D eigenvalue weighted by Gasteiger charge is 2.29. The summed E-state index contributed by atoms with van der Waals surface area (Å²) in [5, 5.41) is 0. The summed E-state index contributed by atoms with van der Waals surface area (Å²) in [6.07, 6.45) is 1.73. The molecular weight excluding hydrogens is 195 g/mol. The van der Waals surface area contributed by atoms with Gasteiger partial charge < -0.3 is 9.47 Å². The molecule has 1 aromatic carbocycles. The smallest absolute Gasteiger partial charge is 0.169 e. The molecule has 0 aromatic heterocycles. The number of hydrogen-bond acceptors (Lipinski definition) is 2. The van der Waals surface area contributed by atoms with Gasteiger partial charge in [0.15, 0.2) is 11.6 Å². The minimum Gasteiger partial charge on any atom is -0.497 e. The van der Waals surface area contributed by atoms with E-state index in [-0.39, 0.29) is 11.4 Å². The maximum atomic E-state index is 13.7. The Bertz CT molecular complexity index is 385. The summed E-state index contributed by atoms with van der Waals surface area (Å²) in [7, 11) is 1.54. The maximum Gasteiger partial charge on any atom is 0.169 e. The highest BCUT2D eigenvalue weighted by atomic mass is 19.1. The van der Waals surface area contributed by atoms with Crippen LogP contribution in [0.15, 0.2) is 12.1 Å².